The molecule has 5 nitrogen and oxygen atoms in total. The van der Waals surface area contributed by atoms with Crippen LogP contribution in [0.3, 0.4) is 0 Å². The van der Waals surface area contributed by atoms with Gasteiger partial charge in [-0.25, -0.2) is 0 Å². The molecule has 0 radical (unpaired) electrons. The molecule has 0 N–H and O–H groups in total. The summed E-state index contributed by atoms with van der Waals surface area (Å²) in [6, 6.07) is 19.3. The minimum absolute atomic E-state index is 0.141. The summed E-state index contributed by atoms with van der Waals surface area (Å²) < 4.78 is 17.4. The summed E-state index contributed by atoms with van der Waals surface area (Å²) in [7, 11) is 0. The van der Waals surface area contributed by atoms with E-state index in [0.717, 1.165) is 16.9 Å². The smallest absolute Gasteiger partial charge is 0.231 e. The second-order valence-electron chi connectivity index (χ2n) is 7.76. The predicted octanol–water partition coefficient (Wildman–Crippen LogP) is 5.93. The average Bonchev–Trinajstić information content (AvgIpc) is 3.13. The molecule has 1 atom stereocenters. The van der Waals surface area contributed by atoms with Gasteiger partial charge in [-0.2, -0.15) is 0 Å². The number of benzene rings is 3. The number of ether oxygens (including phenoxy) is 3. The van der Waals surface area contributed by atoms with Crippen LogP contribution in [0.5, 0.6) is 17.2 Å². The van der Waals surface area contributed by atoms with Gasteiger partial charge < -0.3 is 14.2 Å². The van der Waals surface area contributed by atoms with E-state index >= 15 is 0 Å². The van der Waals surface area contributed by atoms with Gasteiger partial charge in [-0.1, -0.05) is 29.8 Å². The predicted molar refractivity (Wildman–Crippen MR) is 125 cm³/mol. The molecule has 0 fully saturated rings. The fraction of sp³-hybridized carbons (Fsp3) is 0.111. The van der Waals surface area contributed by atoms with Gasteiger partial charge in [0.25, 0.3) is 0 Å². The Balaban J connectivity index is 1.31. The third-order valence-corrected chi connectivity index (χ3v) is 5.74. The number of Topliss-reactive ketones (excluding diaryl/α,β-unsaturated/α-hetero) is 2. The SMILES string of the molecule is CC1Oc2ccccc2C=C1/C=C1\Oc2cc(OCC(=O)c3ccc(Cl)cc3)ccc2C1=O. The topological polar surface area (TPSA) is 61.8 Å². The minimum atomic E-state index is -0.217. The standard InChI is InChI=1S/C27H19ClO5/c1-16-19(12-18-4-2-3-5-24(18)32-16)13-26-27(30)22-11-10-21(14-25(22)33-26)31-15-23(29)17-6-8-20(28)9-7-17/h2-14,16H,15H2,1H3/b26-13-. The number of hydrogen-bond donors (Lipinski definition) is 0. The number of para-hydroxylation sites is 1. The molecule has 2 aliphatic rings. The molecule has 164 valence electrons. The molecule has 3 aromatic rings. The van der Waals surface area contributed by atoms with Crippen LogP contribution in [0, 0.1) is 0 Å². The van der Waals surface area contributed by atoms with Crippen molar-refractivity contribution in [2.24, 2.45) is 0 Å². The maximum Gasteiger partial charge on any atom is 0.231 e. The lowest BCUT2D eigenvalue weighted by Crippen LogP contribution is -2.18. The first-order valence-corrected chi connectivity index (χ1v) is 10.8. The number of rotatable bonds is 5. The van der Waals surface area contributed by atoms with Crippen LogP contribution < -0.4 is 14.2 Å². The highest BCUT2D eigenvalue weighted by Crippen LogP contribution is 2.36. The van der Waals surface area contributed by atoms with Gasteiger partial charge in [0.1, 0.15) is 23.4 Å². The van der Waals surface area contributed by atoms with Crippen molar-refractivity contribution in [2.45, 2.75) is 13.0 Å². The Morgan fingerprint density at radius 3 is 2.67 bits per heavy atom. The highest BCUT2D eigenvalue weighted by molar-refractivity contribution is 6.30. The zero-order valence-corrected chi connectivity index (χ0v) is 18.5. The number of carbonyl (C=O) groups excluding carboxylic acids is 2. The lowest BCUT2D eigenvalue weighted by Gasteiger charge is -2.22. The fourth-order valence-corrected chi connectivity index (χ4v) is 3.82. The molecule has 2 heterocycles. The van der Waals surface area contributed by atoms with Crippen molar-refractivity contribution in [1.29, 1.82) is 0 Å². The van der Waals surface area contributed by atoms with E-state index in [1.807, 2.05) is 37.3 Å². The number of ketones is 2. The van der Waals surface area contributed by atoms with E-state index in [1.54, 1.807) is 48.5 Å². The van der Waals surface area contributed by atoms with Crippen molar-refractivity contribution < 1.29 is 23.8 Å². The summed E-state index contributed by atoms with van der Waals surface area (Å²) in [5.41, 5.74) is 2.75. The number of hydrogen-bond acceptors (Lipinski definition) is 5. The van der Waals surface area contributed by atoms with Crippen molar-refractivity contribution in [1.82, 2.24) is 0 Å². The van der Waals surface area contributed by atoms with E-state index in [2.05, 4.69) is 0 Å². The van der Waals surface area contributed by atoms with Crippen molar-refractivity contribution >= 4 is 29.2 Å². The molecule has 0 saturated carbocycles. The van der Waals surface area contributed by atoms with Crippen molar-refractivity contribution in [2.75, 3.05) is 6.61 Å². The second-order valence-corrected chi connectivity index (χ2v) is 8.20. The molecule has 0 saturated heterocycles. The highest BCUT2D eigenvalue weighted by atomic mass is 35.5. The Morgan fingerprint density at radius 1 is 1.06 bits per heavy atom. The summed E-state index contributed by atoms with van der Waals surface area (Å²) in [6.45, 7) is 1.78. The lowest BCUT2D eigenvalue weighted by molar-refractivity contribution is 0.0921. The Bertz CT molecular complexity index is 1320. The van der Waals surface area contributed by atoms with E-state index in [0.29, 0.717) is 27.6 Å². The molecule has 0 amide bonds. The van der Waals surface area contributed by atoms with Gasteiger partial charge in [0, 0.05) is 22.2 Å². The normalized spacial score (nSPS) is 17.5. The maximum absolute atomic E-state index is 12.8. The number of fused-ring (bicyclic) bond motifs is 2. The van der Waals surface area contributed by atoms with Gasteiger partial charge >= 0.3 is 0 Å². The monoisotopic (exact) mass is 458 g/mol. The van der Waals surface area contributed by atoms with Gasteiger partial charge in [-0.15, -0.1) is 0 Å². The molecule has 5 rings (SSSR count). The van der Waals surface area contributed by atoms with Gasteiger partial charge in [0.05, 0.1) is 5.56 Å². The van der Waals surface area contributed by atoms with E-state index in [1.165, 1.54) is 0 Å². The zero-order chi connectivity index (χ0) is 22.9. The Morgan fingerprint density at radius 2 is 1.85 bits per heavy atom. The van der Waals surface area contributed by atoms with E-state index < -0.39 is 0 Å². The van der Waals surface area contributed by atoms with Crippen LogP contribution >= 0.6 is 11.6 Å². The van der Waals surface area contributed by atoms with E-state index in [9.17, 15) is 9.59 Å². The number of carbonyl (C=O) groups is 2. The molecule has 0 spiro atoms. The summed E-state index contributed by atoms with van der Waals surface area (Å²) in [5, 5.41) is 0.561. The summed E-state index contributed by atoms with van der Waals surface area (Å²) in [6.07, 6.45) is 3.49. The number of allylic oxidation sites excluding steroid dienone is 1. The lowest BCUT2D eigenvalue weighted by atomic mass is 10.0. The molecule has 0 bridgehead atoms. The van der Waals surface area contributed by atoms with Crippen LogP contribution in [0.15, 0.2) is 84.1 Å². The van der Waals surface area contributed by atoms with Crippen molar-refractivity contribution in [3.8, 4) is 17.2 Å². The van der Waals surface area contributed by atoms with Gasteiger partial charge in [-0.05, 0) is 67.1 Å². The largest absolute Gasteiger partial charge is 0.485 e. The summed E-state index contributed by atoms with van der Waals surface area (Å²) >= 11 is 5.86. The molecule has 33 heavy (non-hydrogen) atoms. The number of halogens is 1. The van der Waals surface area contributed by atoms with Crippen LogP contribution in [-0.4, -0.2) is 24.3 Å². The summed E-state index contributed by atoms with van der Waals surface area (Å²) in [5.74, 6) is 1.48. The van der Waals surface area contributed by atoms with Gasteiger partial charge in [0.15, 0.2) is 18.1 Å². The molecular weight excluding hydrogens is 440 g/mol. The third kappa shape index (κ3) is 4.28. The van der Waals surface area contributed by atoms with Crippen LogP contribution in [0.4, 0.5) is 0 Å². The quantitative estimate of drug-likeness (QED) is 0.350. The minimum Gasteiger partial charge on any atom is -0.485 e. The first-order chi connectivity index (χ1) is 16.0. The average molecular weight is 459 g/mol. The fourth-order valence-electron chi connectivity index (χ4n) is 3.70. The van der Waals surface area contributed by atoms with Gasteiger partial charge in [0.2, 0.25) is 5.78 Å². The highest BCUT2D eigenvalue weighted by Gasteiger charge is 2.29. The molecule has 2 aliphatic heterocycles. The Hall–Kier alpha value is -3.83. The molecule has 6 heteroatoms. The first kappa shape index (κ1) is 21.0. The second kappa shape index (κ2) is 8.60. The van der Waals surface area contributed by atoms with Crippen LogP contribution in [0.2, 0.25) is 5.02 Å². The molecular formula is C27H19ClO5. The van der Waals surface area contributed by atoms with Crippen LogP contribution in [0.1, 0.15) is 33.2 Å². The van der Waals surface area contributed by atoms with Gasteiger partial charge in [-0.3, -0.25) is 9.59 Å². The van der Waals surface area contributed by atoms with Crippen LogP contribution in [-0.2, 0) is 0 Å². The zero-order valence-electron chi connectivity index (χ0n) is 17.7. The van der Waals surface area contributed by atoms with E-state index in [4.69, 9.17) is 25.8 Å². The molecule has 0 aliphatic carbocycles. The van der Waals surface area contributed by atoms with Crippen molar-refractivity contribution in [3.63, 3.8) is 0 Å². The third-order valence-electron chi connectivity index (χ3n) is 5.49. The van der Waals surface area contributed by atoms with Crippen LogP contribution in [0.25, 0.3) is 6.08 Å². The van der Waals surface area contributed by atoms with Crippen molar-refractivity contribution in [3.05, 3.63) is 106 Å². The first-order valence-electron chi connectivity index (χ1n) is 10.4. The molecule has 0 aromatic heterocycles. The maximum atomic E-state index is 12.8. The summed E-state index contributed by atoms with van der Waals surface area (Å²) in [4.78, 5) is 25.2. The van der Waals surface area contributed by atoms with E-state index in [-0.39, 0.29) is 30.0 Å². The molecule has 3 aromatic carbocycles. The molecule has 1 unspecified atom stereocenters. The Labute approximate surface area is 195 Å². The Kier molecular flexibility index (Phi) is 5.48.